The van der Waals surface area contributed by atoms with Gasteiger partial charge in [-0.1, -0.05) is 40.5 Å². The van der Waals surface area contributed by atoms with Crippen LogP contribution in [0.4, 0.5) is 0 Å². The Kier molecular flexibility index (Phi) is 4.75. The second-order valence-corrected chi connectivity index (χ2v) is 7.76. The van der Waals surface area contributed by atoms with E-state index in [1.807, 2.05) is 0 Å². The lowest BCUT2D eigenvalue weighted by molar-refractivity contribution is 0.000479. The predicted molar refractivity (Wildman–Crippen MR) is 77.7 cm³/mol. The lowest BCUT2D eigenvalue weighted by Gasteiger charge is -2.34. The van der Waals surface area contributed by atoms with Crippen molar-refractivity contribution in [2.24, 2.45) is 17.3 Å². The van der Waals surface area contributed by atoms with Gasteiger partial charge >= 0.3 is 0 Å². The van der Waals surface area contributed by atoms with Crippen LogP contribution in [0.5, 0.6) is 0 Å². The molecule has 1 saturated heterocycles. The molecule has 106 valence electrons. The summed E-state index contributed by atoms with van der Waals surface area (Å²) in [5, 5.41) is 0. The molecule has 1 aliphatic heterocycles. The van der Waals surface area contributed by atoms with Crippen LogP contribution in [0, 0.1) is 17.3 Å². The summed E-state index contributed by atoms with van der Waals surface area (Å²) in [5.41, 5.74) is 0.494. The van der Waals surface area contributed by atoms with Crippen molar-refractivity contribution in [2.45, 2.75) is 91.3 Å². The van der Waals surface area contributed by atoms with E-state index in [9.17, 15) is 0 Å². The molecule has 0 aromatic heterocycles. The summed E-state index contributed by atoms with van der Waals surface area (Å²) >= 11 is 0. The van der Waals surface area contributed by atoms with Gasteiger partial charge in [-0.25, -0.2) is 0 Å². The third-order valence-corrected chi connectivity index (χ3v) is 5.14. The lowest BCUT2D eigenvalue weighted by atomic mass is 9.73. The van der Waals surface area contributed by atoms with E-state index in [0.29, 0.717) is 17.6 Å². The van der Waals surface area contributed by atoms with Gasteiger partial charge in [0.05, 0.1) is 12.2 Å². The van der Waals surface area contributed by atoms with Crippen molar-refractivity contribution in [1.82, 2.24) is 0 Å². The molecule has 1 heteroatoms. The van der Waals surface area contributed by atoms with Crippen LogP contribution in [0.3, 0.4) is 0 Å². The minimum Gasteiger partial charge on any atom is -0.375 e. The highest BCUT2D eigenvalue weighted by atomic mass is 16.5. The maximum Gasteiger partial charge on any atom is 0.0585 e. The molecule has 0 aromatic rings. The molecule has 2 atom stereocenters. The molecular formula is C17H32O. The number of hydrogen-bond donors (Lipinski definition) is 0. The van der Waals surface area contributed by atoms with Crippen LogP contribution in [0.2, 0.25) is 0 Å². The van der Waals surface area contributed by atoms with Crippen LogP contribution in [0.15, 0.2) is 0 Å². The third-order valence-electron chi connectivity index (χ3n) is 5.14. The molecule has 0 N–H and O–H groups in total. The van der Waals surface area contributed by atoms with Gasteiger partial charge in [0.15, 0.2) is 0 Å². The van der Waals surface area contributed by atoms with Crippen molar-refractivity contribution in [3.05, 3.63) is 0 Å². The molecule has 0 bridgehead atoms. The summed E-state index contributed by atoms with van der Waals surface area (Å²) in [4.78, 5) is 0. The maximum absolute atomic E-state index is 6.27. The van der Waals surface area contributed by atoms with Crippen LogP contribution < -0.4 is 0 Å². The van der Waals surface area contributed by atoms with E-state index >= 15 is 0 Å². The molecule has 0 amide bonds. The average Bonchev–Trinajstić information content (AvgIpc) is 2.87. The van der Waals surface area contributed by atoms with E-state index in [4.69, 9.17) is 4.74 Å². The van der Waals surface area contributed by atoms with Crippen LogP contribution in [-0.2, 0) is 4.74 Å². The standard InChI is InChI=1S/C17H32O/c1-13(2)11-15-9-10-16(18-15)12-17(3,4)14-7-5-6-8-14/h13-16H,5-12H2,1-4H3. The maximum atomic E-state index is 6.27. The predicted octanol–water partition coefficient (Wildman–Crippen LogP) is 5.19. The van der Waals surface area contributed by atoms with Gasteiger partial charge in [0.1, 0.15) is 0 Å². The van der Waals surface area contributed by atoms with Crippen LogP contribution in [0.1, 0.15) is 79.1 Å². The van der Waals surface area contributed by atoms with E-state index in [-0.39, 0.29) is 0 Å². The largest absolute Gasteiger partial charge is 0.375 e. The minimum atomic E-state index is 0.494. The zero-order valence-corrected chi connectivity index (χ0v) is 12.9. The van der Waals surface area contributed by atoms with Gasteiger partial charge in [0.2, 0.25) is 0 Å². The molecule has 2 aliphatic rings. The summed E-state index contributed by atoms with van der Waals surface area (Å²) in [6.45, 7) is 9.56. The molecule has 0 radical (unpaired) electrons. The first-order valence-corrected chi connectivity index (χ1v) is 8.13. The minimum absolute atomic E-state index is 0.494. The van der Waals surface area contributed by atoms with Crippen molar-refractivity contribution in [3.8, 4) is 0 Å². The summed E-state index contributed by atoms with van der Waals surface area (Å²) in [6, 6.07) is 0. The van der Waals surface area contributed by atoms with Gasteiger partial charge in [0.25, 0.3) is 0 Å². The summed E-state index contributed by atoms with van der Waals surface area (Å²) in [6.07, 6.45) is 12.0. The van der Waals surface area contributed by atoms with Gasteiger partial charge in [-0.3, -0.25) is 0 Å². The van der Waals surface area contributed by atoms with Crippen molar-refractivity contribution in [3.63, 3.8) is 0 Å². The monoisotopic (exact) mass is 252 g/mol. The van der Waals surface area contributed by atoms with Gasteiger partial charge in [-0.05, 0) is 55.8 Å². The fourth-order valence-electron chi connectivity index (χ4n) is 4.09. The molecule has 1 nitrogen and oxygen atoms in total. The van der Waals surface area contributed by atoms with E-state index in [0.717, 1.165) is 11.8 Å². The van der Waals surface area contributed by atoms with E-state index < -0.39 is 0 Å². The molecule has 2 unspecified atom stereocenters. The first-order valence-electron chi connectivity index (χ1n) is 8.13. The highest BCUT2D eigenvalue weighted by molar-refractivity contribution is 4.87. The molecule has 18 heavy (non-hydrogen) atoms. The lowest BCUT2D eigenvalue weighted by Crippen LogP contribution is -2.27. The number of rotatable bonds is 5. The van der Waals surface area contributed by atoms with Crippen LogP contribution >= 0.6 is 0 Å². The summed E-state index contributed by atoms with van der Waals surface area (Å²) in [7, 11) is 0. The zero-order valence-electron chi connectivity index (χ0n) is 12.9. The SMILES string of the molecule is CC(C)CC1CCC(CC(C)(C)C2CCCC2)O1. The average molecular weight is 252 g/mol. The Morgan fingerprint density at radius 2 is 1.61 bits per heavy atom. The smallest absolute Gasteiger partial charge is 0.0585 e. The molecule has 2 rings (SSSR count). The van der Waals surface area contributed by atoms with E-state index in [2.05, 4.69) is 27.7 Å². The Labute approximate surface area is 114 Å². The van der Waals surface area contributed by atoms with E-state index in [1.54, 1.807) is 0 Å². The first-order chi connectivity index (χ1) is 8.47. The van der Waals surface area contributed by atoms with Crippen molar-refractivity contribution in [2.75, 3.05) is 0 Å². The number of hydrogen-bond acceptors (Lipinski definition) is 1. The third kappa shape index (κ3) is 3.73. The van der Waals surface area contributed by atoms with E-state index in [1.165, 1.54) is 51.4 Å². The Morgan fingerprint density at radius 1 is 1.00 bits per heavy atom. The Hall–Kier alpha value is -0.0400. The first kappa shape index (κ1) is 14.4. The molecule has 0 aromatic carbocycles. The van der Waals surface area contributed by atoms with Gasteiger partial charge in [0, 0.05) is 0 Å². The Morgan fingerprint density at radius 3 is 2.22 bits per heavy atom. The highest BCUT2D eigenvalue weighted by Gasteiger charge is 2.36. The molecule has 1 aliphatic carbocycles. The van der Waals surface area contributed by atoms with Gasteiger partial charge in [-0.15, -0.1) is 0 Å². The second kappa shape index (κ2) is 5.94. The molecular weight excluding hydrogens is 220 g/mol. The topological polar surface area (TPSA) is 9.23 Å². The van der Waals surface area contributed by atoms with Gasteiger partial charge in [-0.2, -0.15) is 0 Å². The fraction of sp³-hybridized carbons (Fsp3) is 1.00. The second-order valence-electron chi connectivity index (χ2n) is 7.76. The van der Waals surface area contributed by atoms with Crippen molar-refractivity contribution in [1.29, 1.82) is 0 Å². The number of ether oxygens (including phenoxy) is 1. The molecule has 1 heterocycles. The normalized spacial score (nSPS) is 30.5. The summed E-state index contributed by atoms with van der Waals surface area (Å²) in [5.74, 6) is 1.72. The van der Waals surface area contributed by atoms with Gasteiger partial charge < -0.3 is 4.74 Å². The van der Waals surface area contributed by atoms with Crippen molar-refractivity contribution < 1.29 is 4.74 Å². The zero-order chi connectivity index (χ0) is 13.2. The Balaban J connectivity index is 1.79. The van der Waals surface area contributed by atoms with Crippen LogP contribution in [0.25, 0.3) is 0 Å². The van der Waals surface area contributed by atoms with Crippen molar-refractivity contribution >= 4 is 0 Å². The van der Waals surface area contributed by atoms with Crippen LogP contribution in [-0.4, -0.2) is 12.2 Å². The fourth-order valence-corrected chi connectivity index (χ4v) is 4.09. The highest BCUT2D eigenvalue weighted by Crippen LogP contribution is 2.44. The molecule has 1 saturated carbocycles. The summed E-state index contributed by atoms with van der Waals surface area (Å²) < 4.78 is 6.27. The molecule has 0 spiro atoms. The quantitative estimate of drug-likeness (QED) is 0.654. The molecule has 2 fully saturated rings. The Bertz CT molecular complexity index is 250.